The van der Waals surface area contributed by atoms with Gasteiger partial charge in [-0.3, -0.25) is 29.4 Å². The Morgan fingerprint density at radius 2 is 1.60 bits per heavy atom. The quantitative estimate of drug-likeness (QED) is 0.0334. The normalized spacial score (nSPS) is 13.5. The van der Waals surface area contributed by atoms with E-state index in [0.29, 0.717) is 5.56 Å². The second-order valence-corrected chi connectivity index (χ2v) is 10.4. The first-order valence-electron chi connectivity index (χ1n) is 13.9. The summed E-state index contributed by atoms with van der Waals surface area (Å²) in [6, 6.07) is 2.47. The van der Waals surface area contributed by atoms with Crippen LogP contribution in [-0.4, -0.2) is 99.7 Å². The molecule has 0 unspecified atom stereocenters. The Kier molecular flexibility index (Phi) is 14.6. The molecule has 13 N–H and O–H groups in total. The van der Waals surface area contributed by atoms with E-state index >= 15 is 0 Å². The zero-order valence-electron chi connectivity index (χ0n) is 24.3. The second kappa shape index (κ2) is 18.1. The fourth-order valence-electron chi connectivity index (χ4n) is 4.22. The Labute approximate surface area is 263 Å². The molecule has 0 aliphatic rings. The first kappa shape index (κ1) is 36.4. The van der Waals surface area contributed by atoms with Crippen molar-refractivity contribution in [3.63, 3.8) is 0 Å². The maximum atomic E-state index is 13.6. The van der Waals surface area contributed by atoms with E-state index in [1.54, 1.807) is 6.20 Å². The molecular weight excluding hydrogens is 610 g/mol. The molecule has 1 heterocycles. The number of nitrogens with two attached hydrogens (primary N) is 2. The van der Waals surface area contributed by atoms with Crippen molar-refractivity contribution < 1.29 is 39.0 Å². The van der Waals surface area contributed by atoms with Crippen molar-refractivity contribution in [1.29, 1.82) is 5.41 Å². The zero-order chi connectivity index (χ0) is 33.5. The van der Waals surface area contributed by atoms with Gasteiger partial charge < -0.3 is 53.2 Å². The topological polar surface area (TPSA) is 295 Å². The summed E-state index contributed by atoms with van der Waals surface area (Å²) in [5.74, 6) is -6.00. The van der Waals surface area contributed by atoms with Crippen LogP contribution in [0.3, 0.4) is 0 Å². The molecule has 1 aromatic carbocycles. The van der Waals surface area contributed by atoms with Gasteiger partial charge in [0.15, 0.2) is 5.96 Å². The molecule has 2 aromatic rings. The van der Waals surface area contributed by atoms with Crippen LogP contribution in [0.5, 0.6) is 0 Å². The number of aliphatic carboxylic acids is 2. The number of carboxylic acid groups (broad SMARTS) is 2. The van der Waals surface area contributed by atoms with E-state index in [9.17, 15) is 33.9 Å². The lowest BCUT2D eigenvalue weighted by atomic mass is 10.0. The van der Waals surface area contributed by atoms with Gasteiger partial charge in [-0.1, -0.05) is 18.2 Å². The van der Waals surface area contributed by atoms with Crippen LogP contribution < -0.4 is 38.1 Å². The molecule has 4 atom stereocenters. The molecule has 2 rings (SSSR count). The minimum atomic E-state index is -1.49. The summed E-state index contributed by atoms with van der Waals surface area (Å²) in [6.07, 6.45) is 1.15. The highest BCUT2D eigenvalue weighted by molar-refractivity contribution is 7.80. The fourth-order valence-corrected chi connectivity index (χ4v) is 4.39. The predicted molar refractivity (Wildman–Crippen MR) is 166 cm³/mol. The Morgan fingerprint density at radius 1 is 0.911 bits per heavy atom. The molecule has 0 spiro atoms. The highest BCUT2D eigenvalue weighted by atomic mass is 32.1. The third-order valence-electron chi connectivity index (χ3n) is 6.59. The Bertz CT molecular complexity index is 1380. The second-order valence-electron chi connectivity index (χ2n) is 10.1. The van der Waals surface area contributed by atoms with Crippen LogP contribution in [0.15, 0.2) is 30.5 Å². The molecule has 0 aliphatic carbocycles. The number of rotatable bonds is 19. The molecule has 0 bridgehead atoms. The van der Waals surface area contributed by atoms with Gasteiger partial charge in [-0.2, -0.15) is 12.6 Å². The van der Waals surface area contributed by atoms with Gasteiger partial charge in [-0.15, -0.1) is 0 Å². The van der Waals surface area contributed by atoms with Crippen LogP contribution in [0.25, 0.3) is 10.9 Å². The van der Waals surface area contributed by atoms with Crippen molar-refractivity contribution in [2.24, 2.45) is 11.5 Å². The summed E-state index contributed by atoms with van der Waals surface area (Å²) >= 11 is 4.04. The summed E-state index contributed by atoms with van der Waals surface area (Å²) in [5, 5.41) is 38.5. The van der Waals surface area contributed by atoms with Crippen molar-refractivity contribution >= 4 is 65.1 Å². The zero-order valence-corrected chi connectivity index (χ0v) is 25.2. The number of carboxylic acids is 2. The largest absolute Gasteiger partial charge is 0.481 e. The molecule has 0 fully saturated rings. The van der Waals surface area contributed by atoms with Crippen LogP contribution in [0.1, 0.15) is 31.2 Å². The molecule has 18 heteroatoms. The van der Waals surface area contributed by atoms with Gasteiger partial charge in [0.2, 0.25) is 23.6 Å². The van der Waals surface area contributed by atoms with Crippen molar-refractivity contribution in [3.05, 3.63) is 36.0 Å². The van der Waals surface area contributed by atoms with E-state index in [-0.39, 0.29) is 43.9 Å². The number of aromatic amines is 1. The van der Waals surface area contributed by atoms with Gasteiger partial charge >= 0.3 is 11.9 Å². The monoisotopic (exact) mass is 649 g/mol. The van der Waals surface area contributed by atoms with Gasteiger partial charge in [0, 0.05) is 42.2 Å². The van der Waals surface area contributed by atoms with Crippen molar-refractivity contribution in [2.45, 2.75) is 56.3 Å². The lowest BCUT2D eigenvalue weighted by Crippen LogP contribution is -2.57. The maximum Gasteiger partial charge on any atom is 0.326 e. The van der Waals surface area contributed by atoms with E-state index in [0.717, 1.165) is 10.9 Å². The molecule has 0 radical (unpaired) electrons. The van der Waals surface area contributed by atoms with Gasteiger partial charge in [0.05, 0.1) is 12.6 Å². The van der Waals surface area contributed by atoms with Crippen LogP contribution in [0.2, 0.25) is 0 Å². The van der Waals surface area contributed by atoms with E-state index in [2.05, 4.69) is 44.2 Å². The number of thiol groups is 1. The number of carbonyl (C=O) groups excluding carboxylic acids is 4. The van der Waals surface area contributed by atoms with Crippen molar-refractivity contribution in [3.8, 4) is 0 Å². The lowest BCUT2D eigenvalue weighted by molar-refractivity contribution is -0.143. The molecule has 0 saturated carbocycles. The number of guanidine groups is 1. The summed E-state index contributed by atoms with van der Waals surface area (Å²) in [5.41, 5.74) is 12.6. The van der Waals surface area contributed by atoms with E-state index < -0.39 is 72.7 Å². The number of amides is 4. The number of hydrogen-bond acceptors (Lipinski definition) is 9. The third-order valence-corrected chi connectivity index (χ3v) is 6.98. The molecule has 246 valence electrons. The number of nitrogens with one attached hydrogen (secondary N) is 7. The van der Waals surface area contributed by atoms with Crippen LogP contribution >= 0.6 is 12.6 Å². The van der Waals surface area contributed by atoms with Gasteiger partial charge in [-0.25, -0.2) is 4.79 Å². The Morgan fingerprint density at radius 3 is 2.24 bits per heavy atom. The van der Waals surface area contributed by atoms with Gasteiger partial charge in [0.1, 0.15) is 18.1 Å². The smallest absolute Gasteiger partial charge is 0.326 e. The number of H-pyrrole nitrogens is 1. The molecule has 0 saturated heterocycles. The Hall–Kier alpha value is -4.84. The van der Waals surface area contributed by atoms with E-state index in [1.165, 1.54) is 0 Å². The lowest BCUT2D eigenvalue weighted by Gasteiger charge is -2.24. The molecule has 17 nitrogen and oxygen atoms in total. The molecular formula is C27H39N9O8S. The molecule has 0 aliphatic heterocycles. The first-order chi connectivity index (χ1) is 21.3. The molecule has 1 aromatic heterocycles. The average Bonchev–Trinajstić information content (AvgIpc) is 3.40. The minimum Gasteiger partial charge on any atom is -0.481 e. The number of hydrogen-bond donors (Lipinski definition) is 12. The van der Waals surface area contributed by atoms with Gasteiger partial charge in [-0.05, 0) is 30.9 Å². The third kappa shape index (κ3) is 12.4. The van der Waals surface area contributed by atoms with E-state index in [4.69, 9.17) is 22.0 Å². The minimum absolute atomic E-state index is 0.0164. The Balaban J connectivity index is 2.19. The van der Waals surface area contributed by atoms with E-state index in [1.807, 2.05) is 24.3 Å². The first-order valence-corrected chi connectivity index (χ1v) is 14.6. The number of aromatic nitrogens is 1. The summed E-state index contributed by atoms with van der Waals surface area (Å²) in [6.45, 7) is -0.480. The molecule has 4 amide bonds. The number of para-hydroxylation sites is 1. The fraction of sp³-hybridized carbons (Fsp3) is 0.444. The van der Waals surface area contributed by atoms with Crippen molar-refractivity contribution in [2.75, 3.05) is 18.8 Å². The van der Waals surface area contributed by atoms with Crippen LogP contribution in [0.4, 0.5) is 0 Å². The summed E-state index contributed by atoms with van der Waals surface area (Å²) < 4.78 is 0. The average molecular weight is 650 g/mol. The molecule has 45 heavy (non-hydrogen) atoms. The van der Waals surface area contributed by atoms with Crippen LogP contribution in [0, 0.1) is 5.41 Å². The summed E-state index contributed by atoms with van der Waals surface area (Å²) in [7, 11) is 0. The number of carbonyl (C=O) groups is 6. The maximum absolute atomic E-state index is 13.6. The predicted octanol–water partition coefficient (Wildman–Crippen LogP) is -2.25. The number of benzene rings is 1. The SMILES string of the molecule is N=C(N)NCCC[C@H](NC(=O)[C@H](Cc1c[nH]c2ccccc12)NC(=O)[C@@H](N)CS)C(=O)NCC(=O)N[C@@H](CCC(=O)O)C(=O)O. The highest BCUT2D eigenvalue weighted by Crippen LogP contribution is 2.19. The standard InChI is InChI=1S/C27H39N9O8S/c28-16(13-45)23(40)36-20(10-14-11-32-17-5-2-1-4-15(14)17)25(42)35-18(6-3-9-31-27(29)30)24(41)33-12-21(37)34-19(26(43)44)7-8-22(38)39/h1-2,4-5,11,16,18-20,32,45H,3,6-10,12-13,28H2,(H,33,41)(H,34,37)(H,35,42)(H,36,40)(H,38,39)(H,43,44)(H4,29,30,31)/t16-,18-,19-,20-/m0/s1. The van der Waals surface area contributed by atoms with Crippen LogP contribution in [-0.2, 0) is 35.2 Å². The highest BCUT2D eigenvalue weighted by Gasteiger charge is 2.29. The summed E-state index contributed by atoms with van der Waals surface area (Å²) in [4.78, 5) is 77.0. The number of fused-ring (bicyclic) bond motifs is 1. The van der Waals surface area contributed by atoms with Gasteiger partial charge in [0.25, 0.3) is 0 Å². The van der Waals surface area contributed by atoms with Crippen molar-refractivity contribution in [1.82, 2.24) is 31.6 Å².